The van der Waals surface area contributed by atoms with Crippen LogP contribution < -0.4 is 5.73 Å². The molecule has 0 radical (unpaired) electrons. The van der Waals surface area contributed by atoms with E-state index in [2.05, 4.69) is 0 Å². The monoisotopic (exact) mass is 195 g/mol. The molecule has 0 atom stereocenters. The van der Waals surface area contributed by atoms with Crippen molar-refractivity contribution >= 4 is 5.78 Å². The van der Waals surface area contributed by atoms with Crippen LogP contribution in [0.15, 0.2) is 23.0 Å². The number of nitrogens with two attached hydrogens (primary N) is 1. The molecule has 2 N–H and O–H groups in total. The first-order chi connectivity index (χ1) is 6.83. The normalized spacial score (nSPS) is 10.4. The van der Waals surface area contributed by atoms with Crippen LogP contribution in [-0.4, -0.2) is 12.3 Å². The van der Waals surface area contributed by atoms with Gasteiger partial charge >= 0.3 is 0 Å². The fourth-order valence-electron chi connectivity index (χ4n) is 1.35. The van der Waals surface area contributed by atoms with Crippen molar-refractivity contribution in [2.45, 2.75) is 32.1 Å². The Labute approximate surface area is 84.3 Å². The number of Topliss-reactive ketones (excluding diaryl/α,β-unsaturated/α-hetero) is 1. The summed E-state index contributed by atoms with van der Waals surface area (Å²) < 4.78 is 4.89. The van der Waals surface area contributed by atoms with Gasteiger partial charge in [-0.15, -0.1) is 0 Å². The van der Waals surface area contributed by atoms with E-state index in [-0.39, 0.29) is 5.78 Å². The largest absolute Gasteiger partial charge is 0.472 e. The summed E-state index contributed by atoms with van der Waals surface area (Å²) in [6.07, 6.45) is 7.39. The molecule has 0 saturated heterocycles. The lowest BCUT2D eigenvalue weighted by Gasteiger charge is -1.98. The Balaban J connectivity index is 2.11. The SMILES string of the molecule is NCCCCCC(=O)Cc1ccoc1. The van der Waals surface area contributed by atoms with E-state index in [1.165, 1.54) is 0 Å². The third kappa shape index (κ3) is 4.23. The average molecular weight is 195 g/mol. The quantitative estimate of drug-likeness (QED) is 0.676. The maximum atomic E-state index is 11.4. The van der Waals surface area contributed by atoms with Crippen LogP contribution in [0.4, 0.5) is 0 Å². The van der Waals surface area contributed by atoms with Gasteiger partial charge in [0.2, 0.25) is 0 Å². The van der Waals surface area contributed by atoms with Crippen molar-refractivity contribution in [2.24, 2.45) is 5.73 Å². The molecule has 0 spiro atoms. The van der Waals surface area contributed by atoms with Crippen molar-refractivity contribution in [3.8, 4) is 0 Å². The van der Waals surface area contributed by atoms with Crippen LogP contribution in [0.25, 0.3) is 0 Å². The van der Waals surface area contributed by atoms with E-state index in [1.54, 1.807) is 12.5 Å². The molecule has 1 aromatic rings. The van der Waals surface area contributed by atoms with Crippen molar-refractivity contribution in [2.75, 3.05) is 6.54 Å². The van der Waals surface area contributed by atoms with E-state index in [0.717, 1.165) is 31.4 Å². The third-order valence-corrected chi connectivity index (χ3v) is 2.14. The molecular weight excluding hydrogens is 178 g/mol. The summed E-state index contributed by atoms with van der Waals surface area (Å²) in [5.41, 5.74) is 6.32. The highest BCUT2D eigenvalue weighted by atomic mass is 16.3. The van der Waals surface area contributed by atoms with E-state index < -0.39 is 0 Å². The van der Waals surface area contributed by atoms with Gasteiger partial charge in [0.1, 0.15) is 5.78 Å². The van der Waals surface area contributed by atoms with Gasteiger partial charge in [-0.3, -0.25) is 4.79 Å². The molecule has 0 aliphatic rings. The molecule has 0 amide bonds. The summed E-state index contributed by atoms with van der Waals surface area (Å²) in [5.74, 6) is 0.281. The predicted octanol–water partition coefficient (Wildman–Crippen LogP) is 1.91. The van der Waals surface area contributed by atoms with Crippen molar-refractivity contribution in [3.63, 3.8) is 0 Å². The molecule has 14 heavy (non-hydrogen) atoms. The number of unbranched alkanes of at least 4 members (excludes halogenated alkanes) is 2. The molecule has 0 bridgehead atoms. The summed E-state index contributed by atoms with van der Waals surface area (Å²) >= 11 is 0. The smallest absolute Gasteiger partial charge is 0.137 e. The molecule has 3 nitrogen and oxygen atoms in total. The third-order valence-electron chi connectivity index (χ3n) is 2.14. The molecule has 0 aliphatic carbocycles. The van der Waals surface area contributed by atoms with Gasteiger partial charge in [-0.2, -0.15) is 0 Å². The van der Waals surface area contributed by atoms with Crippen molar-refractivity contribution in [3.05, 3.63) is 24.2 Å². The van der Waals surface area contributed by atoms with E-state index in [1.807, 2.05) is 6.07 Å². The highest BCUT2D eigenvalue weighted by Gasteiger charge is 2.03. The molecule has 3 heteroatoms. The lowest BCUT2D eigenvalue weighted by Crippen LogP contribution is -2.03. The summed E-state index contributed by atoms with van der Waals surface area (Å²) in [4.78, 5) is 11.4. The second kappa shape index (κ2) is 6.38. The molecule has 1 aromatic heterocycles. The van der Waals surface area contributed by atoms with Gasteiger partial charge < -0.3 is 10.2 Å². The average Bonchev–Trinajstić information content (AvgIpc) is 2.65. The van der Waals surface area contributed by atoms with E-state index in [4.69, 9.17) is 10.2 Å². The fraction of sp³-hybridized carbons (Fsp3) is 0.545. The number of furan rings is 1. The van der Waals surface area contributed by atoms with Crippen LogP contribution in [-0.2, 0) is 11.2 Å². The summed E-state index contributed by atoms with van der Waals surface area (Å²) in [6, 6.07) is 1.83. The Kier molecular flexibility index (Phi) is 5.00. The van der Waals surface area contributed by atoms with Crippen LogP contribution >= 0.6 is 0 Å². The Hall–Kier alpha value is -1.09. The first kappa shape index (κ1) is 11.0. The Morgan fingerprint density at radius 2 is 2.21 bits per heavy atom. The van der Waals surface area contributed by atoms with Crippen molar-refractivity contribution in [1.29, 1.82) is 0 Å². The number of hydrogen-bond donors (Lipinski definition) is 1. The number of ketones is 1. The molecule has 1 heterocycles. The molecular formula is C11H17NO2. The number of hydrogen-bond acceptors (Lipinski definition) is 3. The zero-order valence-corrected chi connectivity index (χ0v) is 8.37. The zero-order valence-electron chi connectivity index (χ0n) is 8.37. The van der Waals surface area contributed by atoms with Crippen molar-refractivity contribution < 1.29 is 9.21 Å². The van der Waals surface area contributed by atoms with E-state index in [0.29, 0.717) is 12.8 Å². The van der Waals surface area contributed by atoms with Gasteiger partial charge in [-0.25, -0.2) is 0 Å². The van der Waals surface area contributed by atoms with Crippen molar-refractivity contribution in [1.82, 2.24) is 0 Å². The van der Waals surface area contributed by atoms with Gasteiger partial charge in [0, 0.05) is 12.8 Å². The van der Waals surface area contributed by atoms with Crippen LogP contribution in [0.5, 0.6) is 0 Å². The Morgan fingerprint density at radius 3 is 2.86 bits per heavy atom. The minimum Gasteiger partial charge on any atom is -0.472 e. The van der Waals surface area contributed by atoms with Crippen LogP contribution in [0, 0.1) is 0 Å². The molecule has 0 unspecified atom stereocenters. The van der Waals surface area contributed by atoms with Gasteiger partial charge in [0.05, 0.1) is 12.5 Å². The van der Waals surface area contributed by atoms with Gasteiger partial charge in [0.25, 0.3) is 0 Å². The molecule has 78 valence electrons. The maximum absolute atomic E-state index is 11.4. The summed E-state index contributed by atoms with van der Waals surface area (Å²) in [5, 5.41) is 0. The molecule has 0 fully saturated rings. The predicted molar refractivity (Wildman–Crippen MR) is 54.9 cm³/mol. The van der Waals surface area contributed by atoms with E-state index in [9.17, 15) is 4.79 Å². The number of carbonyl (C=O) groups is 1. The summed E-state index contributed by atoms with van der Waals surface area (Å²) in [7, 11) is 0. The highest BCUT2D eigenvalue weighted by Crippen LogP contribution is 2.06. The fourth-order valence-corrected chi connectivity index (χ4v) is 1.35. The van der Waals surface area contributed by atoms with Gasteiger partial charge in [0.15, 0.2) is 0 Å². The van der Waals surface area contributed by atoms with E-state index >= 15 is 0 Å². The van der Waals surface area contributed by atoms with Crippen LogP contribution in [0.2, 0.25) is 0 Å². The maximum Gasteiger partial charge on any atom is 0.137 e. The molecule has 0 aliphatic heterocycles. The molecule has 1 rings (SSSR count). The lowest BCUT2D eigenvalue weighted by molar-refractivity contribution is -0.118. The topological polar surface area (TPSA) is 56.2 Å². The van der Waals surface area contributed by atoms with Crippen LogP contribution in [0.3, 0.4) is 0 Å². The second-order valence-corrected chi connectivity index (χ2v) is 3.45. The second-order valence-electron chi connectivity index (χ2n) is 3.45. The minimum absolute atomic E-state index is 0.281. The molecule has 0 aromatic carbocycles. The van der Waals surface area contributed by atoms with Crippen LogP contribution in [0.1, 0.15) is 31.2 Å². The number of rotatable bonds is 7. The summed E-state index contributed by atoms with van der Waals surface area (Å²) in [6.45, 7) is 0.718. The van der Waals surface area contributed by atoms with Gasteiger partial charge in [-0.05, 0) is 31.0 Å². The first-order valence-electron chi connectivity index (χ1n) is 5.06. The number of carbonyl (C=O) groups excluding carboxylic acids is 1. The minimum atomic E-state index is 0.281. The first-order valence-corrected chi connectivity index (χ1v) is 5.06. The van der Waals surface area contributed by atoms with Gasteiger partial charge in [-0.1, -0.05) is 6.42 Å². The Morgan fingerprint density at radius 1 is 1.36 bits per heavy atom. The Bertz CT molecular complexity index is 254. The highest BCUT2D eigenvalue weighted by molar-refractivity contribution is 5.80. The zero-order chi connectivity index (χ0) is 10.2. The molecule has 0 saturated carbocycles. The lowest BCUT2D eigenvalue weighted by atomic mass is 10.1. The standard InChI is InChI=1S/C11H17NO2/c12-6-3-1-2-4-11(13)8-10-5-7-14-9-10/h5,7,9H,1-4,6,8,12H2.